The molecule has 10 heteroatoms. The van der Waals surface area contributed by atoms with Crippen molar-refractivity contribution in [2.45, 2.75) is 36.2 Å². The van der Waals surface area contributed by atoms with Crippen molar-refractivity contribution < 1.29 is 36.2 Å². The van der Waals surface area contributed by atoms with Gasteiger partial charge in [0.25, 0.3) is 5.60 Å². The van der Waals surface area contributed by atoms with Crippen molar-refractivity contribution in [2.24, 2.45) is 0 Å². The summed E-state index contributed by atoms with van der Waals surface area (Å²) in [5.74, 6) is -0.519. The van der Waals surface area contributed by atoms with E-state index in [1.165, 1.54) is 12.1 Å². The zero-order valence-corrected chi connectivity index (χ0v) is 18.9. The van der Waals surface area contributed by atoms with Crippen molar-refractivity contribution in [1.29, 1.82) is 0 Å². The molecule has 2 aromatic carbocycles. The molecule has 3 rings (SSSR count). The quantitative estimate of drug-likeness (QED) is 0.633. The number of halogens is 6. The highest BCUT2D eigenvalue weighted by Crippen LogP contribution is 2.51. The van der Waals surface area contributed by atoms with Crippen LogP contribution in [0.1, 0.15) is 29.5 Å². The molecular formula is C24H26F6N2O2. The van der Waals surface area contributed by atoms with Gasteiger partial charge in [0.2, 0.25) is 5.91 Å². The van der Waals surface area contributed by atoms with Crippen molar-refractivity contribution >= 4 is 5.91 Å². The van der Waals surface area contributed by atoms with Crippen LogP contribution >= 0.6 is 0 Å². The summed E-state index contributed by atoms with van der Waals surface area (Å²) in [4.78, 5) is 16.1. The Morgan fingerprint density at radius 3 is 2.00 bits per heavy atom. The zero-order chi connectivity index (χ0) is 25.5. The molecule has 1 amide bonds. The van der Waals surface area contributed by atoms with Crippen LogP contribution < -0.4 is 0 Å². The number of nitrogens with zero attached hydrogens (tertiary/aromatic N) is 2. The van der Waals surface area contributed by atoms with E-state index in [0.29, 0.717) is 24.2 Å². The highest BCUT2D eigenvalue weighted by molar-refractivity contribution is 5.79. The fraction of sp³-hybridized carbons (Fsp3) is 0.458. The number of hydrogen-bond acceptors (Lipinski definition) is 3. The van der Waals surface area contributed by atoms with E-state index in [2.05, 4.69) is 0 Å². The number of rotatable bonds is 5. The predicted molar refractivity (Wildman–Crippen MR) is 114 cm³/mol. The summed E-state index contributed by atoms with van der Waals surface area (Å²) in [6, 6.07) is 12.9. The standard InChI is InChI=1S/C24H26F6N2O2/c1-21(17-7-5-4-6-8-17)15-32(20(33)14-31(2)3)13-19(21)16-9-11-18(12-10-16)22(34,23(25,26)27)24(28,29)30/h4-12,19,34H,13-15H2,1-3H3/t19-,21+/m0/s1. The van der Waals surface area contributed by atoms with E-state index >= 15 is 0 Å². The second kappa shape index (κ2) is 8.88. The minimum absolute atomic E-state index is 0.130. The van der Waals surface area contributed by atoms with Gasteiger partial charge in [0, 0.05) is 30.0 Å². The normalized spacial score (nSPS) is 21.9. The number of alkyl halides is 6. The van der Waals surface area contributed by atoms with Crippen LogP contribution in [0.5, 0.6) is 0 Å². The highest BCUT2D eigenvalue weighted by Gasteiger charge is 2.71. The molecule has 34 heavy (non-hydrogen) atoms. The minimum Gasteiger partial charge on any atom is -0.369 e. The van der Waals surface area contributed by atoms with E-state index in [-0.39, 0.29) is 24.9 Å². The first kappa shape index (κ1) is 26.0. The Bertz CT molecular complexity index is 991. The first-order chi connectivity index (χ1) is 15.6. The largest absolute Gasteiger partial charge is 0.430 e. The molecule has 0 aromatic heterocycles. The van der Waals surface area contributed by atoms with Crippen molar-refractivity contribution in [3.8, 4) is 0 Å². The lowest BCUT2D eigenvalue weighted by atomic mass is 9.71. The molecule has 186 valence electrons. The molecule has 0 saturated carbocycles. The van der Waals surface area contributed by atoms with E-state index in [9.17, 15) is 36.2 Å². The first-order valence-corrected chi connectivity index (χ1v) is 10.6. The lowest BCUT2D eigenvalue weighted by Crippen LogP contribution is -2.53. The fourth-order valence-corrected chi connectivity index (χ4v) is 4.58. The van der Waals surface area contributed by atoms with E-state index in [1.54, 1.807) is 23.9 Å². The predicted octanol–water partition coefficient (Wildman–Crippen LogP) is 4.44. The van der Waals surface area contributed by atoms with E-state index < -0.39 is 28.9 Å². The molecule has 0 bridgehead atoms. The summed E-state index contributed by atoms with van der Waals surface area (Å²) in [6.07, 6.45) is -11.9. The molecule has 1 fully saturated rings. The smallest absolute Gasteiger partial charge is 0.369 e. The van der Waals surface area contributed by atoms with Crippen LogP contribution in [0.4, 0.5) is 26.3 Å². The molecule has 2 atom stereocenters. The number of amides is 1. The van der Waals surface area contributed by atoms with Crippen LogP contribution in [0.25, 0.3) is 0 Å². The SMILES string of the molecule is CN(C)CC(=O)N1C[C@@H](c2ccc(C(O)(C(F)(F)F)C(F)(F)F)cc2)[C@@](C)(c2ccccc2)C1. The summed E-state index contributed by atoms with van der Waals surface area (Å²) in [7, 11) is 3.51. The number of aliphatic hydroxyl groups is 1. The summed E-state index contributed by atoms with van der Waals surface area (Å²) in [5, 5.41) is 9.68. The molecule has 4 nitrogen and oxygen atoms in total. The van der Waals surface area contributed by atoms with Crippen LogP contribution in [0.2, 0.25) is 0 Å². The molecule has 1 aliphatic heterocycles. The molecule has 0 spiro atoms. The Morgan fingerprint density at radius 2 is 1.53 bits per heavy atom. The van der Waals surface area contributed by atoms with Gasteiger partial charge in [-0.1, -0.05) is 61.5 Å². The van der Waals surface area contributed by atoms with Gasteiger partial charge in [0.1, 0.15) is 0 Å². The second-order valence-corrected chi connectivity index (χ2v) is 9.18. The maximum Gasteiger partial charge on any atom is 0.430 e. The molecule has 1 aliphatic rings. The monoisotopic (exact) mass is 488 g/mol. The average Bonchev–Trinajstić information content (AvgIpc) is 3.11. The number of carbonyl (C=O) groups is 1. The summed E-state index contributed by atoms with van der Waals surface area (Å²) < 4.78 is 79.5. The van der Waals surface area contributed by atoms with Crippen LogP contribution in [0.3, 0.4) is 0 Å². The molecular weight excluding hydrogens is 462 g/mol. The van der Waals surface area contributed by atoms with Gasteiger partial charge in [-0.25, -0.2) is 0 Å². The number of likely N-dealkylation sites (tertiary alicyclic amines) is 1. The minimum atomic E-state index is -5.95. The van der Waals surface area contributed by atoms with Crippen LogP contribution in [0, 0.1) is 0 Å². The van der Waals surface area contributed by atoms with Crippen molar-refractivity contribution in [2.75, 3.05) is 33.7 Å². The van der Waals surface area contributed by atoms with Crippen molar-refractivity contribution in [3.05, 3.63) is 71.3 Å². The Morgan fingerprint density at radius 1 is 1.00 bits per heavy atom. The third-order valence-corrected chi connectivity index (χ3v) is 6.48. The van der Waals surface area contributed by atoms with Gasteiger partial charge < -0.3 is 14.9 Å². The molecule has 0 radical (unpaired) electrons. The van der Waals surface area contributed by atoms with Gasteiger partial charge in [-0.05, 0) is 25.2 Å². The molecule has 0 unspecified atom stereocenters. The topological polar surface area (TPSA) is 43.8 Å². The van der Waals surface area contributed by atoms with Crippen molar-refractivity contribution in [3.63, 3.8) is 0 Å². The van der Waals surface area contributed by atoms with Gasteiger partial charge in [0.05, 0.1) is 6.54 Å². The van der Waals surface area contributed by atoms with Gasteiger partial charge in [0.15, 0.2) is 0 Å². The maximum absolute atomic E-state index is 13.3. The zero-order valence-electron chi connectivity index (χ0n) is 18.9. The first-order valence-electron chi connectivity index (χ1n) is 10.6. The van der Waals surface area contributed by atoms with Gasteiger partial charge in [-0.3, -0.25) is 4.79 Å². The molecule has 1 heterocycles. The summed E-state index contributed by atoms with van der Waals surface area (Å²) in [5.41, 5.74) is -5.55. The molecule has 1 saturated heterocycles. The Hall–Kier alpha value is -2.59. The maximum atomic E-state index is 13.3. The number of benzene rings is 2. The second-order valence-electron chi connectivity index (χ2n) is 9.18. The Balaban J connectivity index is 2.03. The van der Waals surface area contributed by atoms with Gasteiger partial charge >= 0.3 is 12.4 Å². The van der Waals surface area contributed by atoms with Gasteiger partial charge in [-0.2, -0.15) is 26.3 Å². The summed E-state index contributed by atoms with van der Waals surface area (Å²) in [6.45, 7) is 2.68. The number of likely N-dealkylation sites (N-methyl/N-ethyl adjacent to an activating group) is 1. The number of hydrogen-bond donors (Lipinski definition) is 1. The van der Waals surface area contributed by atoms with Crippen LogP contribution in [-0.4, -0.2) is 66.9 Å². The third-order valence-electron chi connectivity index (χ3n) is 6.48. The number of carbonyl (C=O) groups excluding carboxylic acids is 1. The molecule has 0 aliphatic carbocycles. The molecule has 2 aromatic rings. The van der Waals surface area contributed by atoms with E-state index in [1.807, 2.05) is 37.3 Å². The Labute approximate surface area is 193 Å². The van der Waals surface area contributed by atoms with Crippen molar-refractivity contribution in [1.82, 2.24) is 9.80 Å². The van der Waals surface area contributed by atoms with Gasteiger partial charge in [-0.15, -0.1) is 0 Å². The highest BCUT2D eigenvalue weighted by atomic mass is 19.4. The average molecular weight is 488 g/mol. The molecule has 1 N–H and O–H groups in total. The third kappa shape index (κ3) is 4.53. The lowest BCUT2D eigenvalue weighted by molar-refractivity contribution is -0.376. The Kier molecular flexibility index (Phi) is 6.80. The lowest BCUT2D eigenvalue weighted by Gasteiger charge is -2.34. The van der Waals surface area contributed by atoms with Crippen LogP contribution in [-0.2, 0) is 15.8 Å². The summed E-state index contributed by atoms with van der Waals surface area (Å²) >= 11 is 0. The fourth-order valence-electron chi connectivity index (χ4n) is 4.58. The van der Waals surface area contributed by atoms with E-state index in [4.69, 9.17) is 0 Å². The van der Waals surface area contributed by atoms with E-state index in [0.717, 1.165) is 5.56 Å². The van der Waals surface area contributed by atoms with Crippen LogP contribution in [0.15, 0.2) is 54.6 Å².